The summed E-state index contributed by atoms with van der Waals surface area (Å²) in [5.74, 6) is 0. The fourth-order valence-corrected chi connectivity index (χ4v) is 1.91. The molecule has 3 N–H and O–H groups in total. The lowest BCUT2D eigenvalue weighted by Crippen LogP contribution is -2.30. The SMILES string of the molecule is O=C(NCCC(O)C(O)c1cnccn1)OCc1ccccc1. The number of ether oxygens (including phenoxy) is 1. The largest absolute Gasteiger partial charge is 0.445 e. The molecule has 0 aliphatic heterocycles. The van der Waals surface area contributed by atoms with Crippen LogP contribution in [0.5, 0.6) is 0 Å². The van der Waals surface area contributed by atoms with Gasteiger partial charge in [0.1, 0.15) is 12.7 Å². The molecule has 2 rings (SSSR count). The molecule has 0 spiro atoms. The highest BCUT2D eigenvalue weighted by Crippen LogP contribution is 2.15. The quantitative estimate of drug-likeness (QED) is 0.708. The van der Waals surface area contributed by atoms with Crippen LogP contribution in [-0.2, 0) is 11.3 Å². The fourth-order valence-electron chi connectivity index (χ4n) is 1.91. The van der Waals surface area contributed by atoms with E-state index in [9.17, 15) is 15.0 Å². The molecule has 7 nitrogen and oxygen atoms in total. The van der Waals surface area contributed by atoms with Gasteiger partial charge in [-0.2, -0.15) is 0 Å². The van der Waals surface area contributed by atoms with Gasteiger partial charge in [0.25, 0.3) is 0 Å². The van der Waals surface area contributed by atoms with E-state index in [2.05, 4.69) is 15.3 Å². The van der Waals surface area contributed by atoms with Crippen molar-refractivity contribution in [2.45, 2.75) is 25.2 Å². The standard InChI is InChI=1S/C16H19N3O4/c20-14(15(21)13-10-17-8-9-18-13)6-7-19-16(22)23-11-12-4-2-1-3-5-12/h1-5,8-10,14-15,20-21H,6-7,11H2,(H,19,22). The number of aliphatic hydroxyl groups excluding tert-OH is 2. The normalized spacial score (nSPS) is 13.1. The zero-order chi connectivity index (χ0) is 16.5. The number of carbonyl (C=O) groups excluding carboxylic acids is 1. The smallest absolute Gasteiger partial charge is 0.407 e. The van der Waals surface area contributed by atoms with E-state index in [4.69, 9.17) is 4.74 Å². The van der Waals surface area contributed by atoms with Gasteiger partial charge in [-0.25, -0.2) is 4.79 Å². The molecular formula is C16H19N3O4. The average Bonchev–Trinajstić information content (AvgIpc) is 2.61. The lowest BCUT2D eigenvalue weighted by Gasteiger charge is -2.17. The van der Waals surface area contributed by atoms with Crippen LogP contribution in [-0.4, -0.2) is 38.9 Å². The first-order valence-electron chi connectivity index (χ1n) is 7.23. The molecule has 1 aromatic carbocycles. The van der Waals surface area contributed by atoms with E-state index in [0.717, 1.165) is 5.56 Å². The van der Waals surface area contributed by atoms with E-state index in [1.54, 1.807) is 0 Å². The first kappa shape index (κ1) is 16.9. The molecule has 1 amide bonds. The number of amides is 1. The summed E-state index contributed by atoms with van der Waals surface area (Å²) in [5, 5.41) is 22.3. The monoisotopic (exact) mass is 317 g/mol. The second kappa shape index (κ2) is 8.82. The highest BCUT2D eigenvalue weighted by atomic mass is 16.5. The first-order chi connectivity index (χ1) is 11.2. The lowest BCUT2D eigenvalue weighted by atomic mass is 10.1. The number of alkyl carbamates (subject to hydrolysis) is 1. The van der Waals surface area contributed by atoms with Crippen molar-refractivity contribution in [3.05, 3.63) is 60.2 Å². The Kier molecular flexibility index (Phi) is 6.46. The van der Waals surface area contributed by atoms with Crippen molar-refractivity contribution in [2.24, 2.45) is 0 Å². The summed E-state index contributed by atoms with van der Waals surface area (Å²) >= 11 is 0. The van der Waals surface area contributed by atoms with E-state index >= 15 is 0 Å². The van der Waals surface area contributed by atoms with Gasteiger partial charge < -0.3 is 20.3 Å². The van der Waals surface area contributed by atoms with Crippen molar-refractivity contribution in [3.63, 3.8) is 0 Å². The van der Waals surface area contributed by atoms with Gasteiger partial charge >= 0.3 is 6.09 Å². The van der Waals surface area contributed by atoms with Crippen LogP contribution in [0.3, 0.4) is 0 Å². The number of aliphatic hydroxyl groups is 2. The van der Waals surface area contributed by atoms with Crippen molar-refractivity contribution in [2.75, 3.05) is 6.54 Å². The molecule has 0 aliphatic rings. The van der Waals surface area contributed by atoms with Crippen molar-refractivity contribution in [3.8, 4) is 0 Å². The Morgan fingerprint density at radius 1 is 1.22 bits per heavy atom. The highest BCUT2D eigenvalue weighted by molar-refractivity contribution is 5.67. The van der Waals surface area contributed by atoms with Gasteiger partial charge in [0, 0.05) is 18.9 Å². The number of rotatable bonds is 7. The van der Waals surface area contributed by atoms with E-state index in [1.165, 1.54) is 18.6 Å². The molecule has 7 heteroatoms. The number of nitrogens with one attached hydrogen (secondary N) is 1. The maximum atomic E-state index is 11.5. The second-order valence-electron chi connectivity index (χ2n) is 4.92. The third kappa shape index (κ3) is 5.65. The summed E-state index contributed by atoms with van der Waals surface area (Å²) < 4.78 is 5.04. The lowest BCUT2D eigenvalue weighted by molar-refractivity contribution is 0.0109. The third-order valence-corrected chi connectivity index (χ3v) is 3.17. The van der Waals surface area contributed by atoms with Gasteiger partial charge in [-0.1, -0.05) is 30.3 Å². The Hall–Kier alpha value is -2.51. The molecule has 23 heavy (non-hydrogen) atoms. The van der Waals surface area contributed by atoms with E-state index in [0.29, 0.717) is 0 Å². The minimum absolute atomic E-state index is 0.165. The Morgan fingerprint density at radius 2 is 2.00 bits per heavy atom. The predicted molar refractivity (Wildman–Crippen MR) is 82.2 cm³/mol. The Balaban J connectivity index is 1.67. The molecule has 122 valence electrons. The van der Waals surface area contributed by atoms with E-state index in [-0.39, 0.29) is 25.3 Å². The Labute approximate surface area is 134 Å². The van der Waals surface area contributed by atoms with E-state index < -0.39 is 18.3 Å². The predicted octanol–water partition coefficient (Wildman–Crippen LogP) is 1.19. The summed E-state index contributed by atoms with van der Waals surface area (Å²) in [4.78, 5) is 19.3. The summed E-state index contributed by atoms with van der Waals surface area (Å²) in [5.41, 5.74) is 1.17. The van der Waals surface area contributed by atoms with Gasteiger partial charge in [0.15, 0.2) is 0 Å². The summed E-state index contributed by atoms with van der Waals surface area (Å²) in [6, 6.07) is 9.32. The number of carbonyl (C=O) groups is 1. The van der Waals surface area contributed by atoms with Crippen LogP contribution < -0.4 is 5.32 Å². The molecule has 0 bridgehead atoms. The second-order valence-corrected chi connectivity index (χ2v) is 4.92. The number of hydrogen-bond donors (Lipinski definition) is 3. The molecular weight excluding hydrogens is 298 g/mol. The molecule has 0 fully saturated rings. The first-order valence-corrected chi connectivity index (χ1v) is 7.23. The van der Waals surface area contributed by atoms with Crippen molar-refractivity contribution in [1.29, 1.82) is 0 Å². The van der Waals surface area contributed by atoms with Gasteiger partial charge in [-0.05, 0) is 12.0 Å². The number of benzene rings is 1. The molecule has 2 aromatic rings. The van der Waals surface area contributed by atoms with Gasteiger partial charge in [0.2, 0.25) is 0 Å². The number of aromatic nitrogens is 2. The summed E-state index contributed by atoms with van der Waals surface area (Å²) in [6.07, 6.45) is 1.69. The molecule has 0 aliphatic carbocycles. The minimum atomic E-state index is -1.15. The zero-order valence-electron chi connectivity index (χ0n) is 12.5. The van der Waals surface area contributed by atoms with Crippen LogP contribution >= 0.6 is 0 Å². The molecule has 1 heterocycles. The summed E-state index contributed by atoms with van der Waals surface area (Å²) in [6.45, 7) is 0.351. The average molecular weight is 317 g/mol. The highest BCUT2D eigenvalue weighted by Gasteiger charge is 2.19. The third-order valence-electron chi connectivity index (χ3n) is 3.17. The van der Waals surface area contributed by atoms with Gasteiger partial charge in [-0.15, -0.1) is 0 Å². The van der Waals surface area contributed by atoms with Crippen molar-refractivity contribution in [1.82, 2.24) is 15.3 Å². The number of hydrogen-bond acceptors (Lipinski definition) is 6. The topological polar surface area (TPSA) is 105 Å². The van der Waals surface area contributed by atoms with E-state index in [1.807, 2.05) is 30.3 Å². The van der Waals surface area contributed by atoms with Crippen LogP contribution in [0.15, 0.2) is 48.9 Å². The molecule has 0 saturated carbocycles. The van der Waals surface area contributed by atoms with Crippen molar-refractivity contribution < 1.29 is 19.7 Å². The fraction of sp³-hybridized carbons (Fsp3) is 0.312. The Bertz CT molecular complexity index is 595. The van der Waals surface area contributed by atoms with Crippen LogP contribution in [0.2, 0.25) is 0 Å². The number of nitrogens with zero attached hydrogens (tertiary/aromatic N) is 2. The molecule has 0 radical (unpaired) electrons. The van der Waals surface area contributed by atoms with Gasteiger partial charge in [-0.3, -0.25) is 9.97 Å². The van der Waals surface area contributed by atoms with Crippen LogP contribution in [0.1, 0.15) is 23.8 Å². The maximum Gasteiger partial charge on any atom is 0.407 e. The van der Waals surface area contributed by atoms with Crippen LogP contribution in [0.25, 0.3) is 0 Å². The zero-order valence-corrected chi connectivity index (χ0v) is 12.5. The molecule has 0 saturated heterocycles. The Morgan fingerprint density at radius 3 is 2.70 bits per heavy atom. The maximum absolute atomic E-state index is 11.5. The summed E-state index contributed by atoms with van der Waals surface area (Å²) in [7, 11) is 0. The molecule has 2 atom stereocenters. The van der Waals surface area contributed by atoms with Crippen LogP contribution in [0.4, 0.5) is 4.79 Å². The van der Waals surface area contributed by atoms with Crippen molar-refractivity contribution >= 4 is 6.09 Å². The molecule has 2 unspecified atom stereocenters. The minimum Gasteiger partial charge on any atom is -0.445 e. The molecule has 1 aromatic heterocycles. The van der Waals surface area contributed by atoms with Gasteiger partial charge in [0.05, 0.1) is 18.0 Å². The van der Waals surface area contributed by atoms with Crippen LogP contribution in [0, 0.1) is 0 Å².